The quantitative estimate of drug-likeness (QED) is 0.846. The first-order valence-corrected chi connectivity index (χ1v) is 8.02. The molecule has 5 nitrogen and oxygen atoms in total. The van der Waals surface area contributed by atoms with Crippen LogP contribution in [0.4, 0.5) is 4.79 Å². The summed E-state index contributed by atoms with van der Waals surface area (Å²) < 4.78 is 0. The second-order valence-electron chi connectivity index (χ2n) is 5.36. The van der Waals surface area contributed by atoms with Gasteiger partial charge in [0.15, 0.2) is 0 Å². The molecule has 6 heteroatoms. The van der Waals surface area contributed by atoms with E-state index in [0.29, 0.717) is 6.54 Å². The molecule has 0 unspecified atom stereocenters. The smallest absolute Gasteiger partial charge is 0.405 e. The third-order valence-corrected chi connectivity index (χ3v) is 4.06. The van der Waals surface area contributed by atoms with Gasteiger partial charge in [-0.05, 0) is 38.1 Å². The first-order chi connectivity index (χ1) is 11.0. The van der Waals surface area contributed by atoms with Crippen molar-refractivity contribution in [1.82, 2.24) is 15.2 Å². The van der Waals surface area contributed by atoms with Crippen LogP contribution < -0.4 is 5.32 Å². The lowest BCUT2D eigenvalue weighted by Gasteiger charge is -2.12. The van der Waals surface area contributed by atoms with Crippen LogP contribution in [0.15, 0.2) is 29.8 Å². The van der Waals surface area contributed by atoms with Crippen molar-refractivity contribution in [3.63, 3.8) is 0 Å². The van der Waals surface area contributed by atoms with Crippen LogP contribution >= 0.6 is 11.3 Å². The van der Waals surface area contributed by atoms with Crippen molar-refractivity contribution in [2.24, 2.45) is 0 Å². The molecule has 2 aromatic rings. The summed E-state index contributed by atoms with van der Waals surface area (Å²) in [5.41, 5.74) is 4.52. The van der Waals surface area contributed by atoms with Crippen LogP contribution in [0, 0.1) is 11.8 Å². The first-order valence-electron chi connectivity index (χ1n) is 7.14. The van der Waals surface area contributed by atoms with E-state index in [1.54, 1.807) is 16.8 Å². The topological polar surface area (TPSA) is 65.5 Å². The van der Waals surface area contributed by atoms with Gasteiger partial charge in [-0.25, -0.2) is 9.78 Å². The molecule has 0 aliphatic carbocycles. The molecule has 0 spiro atoms. The van der Waals surface area contributed by atoms with Gasteiger partial charge in [-0.15, -0.1) is 11.3 Å². The SMILES string of the molecule is C[C@H](NC(=O)O)c1ccc(-c2scnc2C#CCN(C)C)cc1. The maximum Gasteiger partial charge on any atom is 0.405 e. The Bertz CT molecular complexity index is 726. The van der Waals surface area contributed by atoms with Gasteiger partial charge < -0.3 is 10.4 Å². The molecule has 1 heterocycles. The Morgan fingerprint density at radius 3 is 2.70 bits per heavy atom. The van der Waals surface area contributed by atoms with Crippen molar-refractivity contribution < 1.29 is 9.90 Å². The van der Waals surface area contributed by atoms with Gasteiger partial charge in [0.2, 0.25) is 0 Å². The second-order valence-corrected chi connectivity index (χ2v) is 6.22. The summed E-state index contributed by atoms with van der Waals surface area (Å²) in [4.78, 5) is 18.0. The Morgan fingerprint density at radius 1 is 1.39 bits per heavy atom. The Morgan fingerprint density at radius 2 is 2.09 bits per heavy atom. The van der Waals surface area contributed by atoms with E-state index in [2.05, 4.69) is 22.1 Å². The fourth-order valence-electron chi connectivity index (χ4n) is 2.01. The van der Waals surface area contributed by atoms with Crippen LogP contribution in [0.2, 0.25) is 0 Å². The zero-order valence-electron chi connectivity index (χ0n) is 13.3. The van der Waals surface area contributed by atoms with Crippen molar-refractivity contribution >= 4 is 17.4 Å². The van der Waals surface area contributed by atoms with Gasteiger partial charge in [-0.1, -0.05) is 30.2 Å². The lowest BCUT2D eigenvalue weighted by Crippen LogP contribution is -2.24. The summed E-state index contributed by atoms with van der Waals surface area (Å²) in [5, 5.41) is 11.2. The number of rotatable bonds is 4. The van der Waals surface area contributed by atoms with Gasteiger partial charge in [0, 0.05) is 0 Å². The molecule has 2 N–H and O–H groups in total. The molecule has 2 rings (SSSR count). The third kappa shape index (κ3) is 4.81. The number of aromatic nitrogens is 1. The van der Waals surface area contributed by atoms with Crippen molar-refractivity contribution in [1.29, 1.82) is 0 Å². The number of carboxylic acid groups (broad SMARTS) is 1. The highest BCUT2D eigenvalue weighted by Gasteiger charge is 2.10. The summed E-state index contributed by atoms with van der Waals surface area (Å²) in [7, 11) is 3.95. The van der Waals surface area contributed by atoms with E-state index in [-0.39, 0.29) is 6.04 Å². The number of nitrogens with one attached hydrogen (secondary N) is 1. The fraction of sp³-hybridized carbons (Fsp3) is 0.294. The van der Waals surface area contributed by atoms with Crippen molar-refractivity contribution in [3.05, 3.63) is 41.0 Å². The van der Waals surface area contributed by atoms with Crippen LogP contribution in [0.25, 0.3) is 10.4 Å². The van der Waals surface area contributed by atoms with Gasteiger partial charge in [0.05, 0.1) is 23.0 Å². The number of amides is 1. The van der Waals surface area contributed by atoms with Gasteiger partial charge >= 0.3 is 6.09 Å². The minimum absolute atomic E-state index is 0.248. The molecular formula is C17H19N3O2S. The minimum atomic E-state index is -1.03. The largest absolute Gasteiger partial charge is 0.465 e. The van der Waals surface area contributed by atoms with Crippen molar-refractivity contribution in [2.75, 3.05) is 20.6 Å². The Kier molecular flexibility index (Phi) is 5.74. The van der Waals surface area contributed by atoms with Crippen LogP contribution in [-0.4, -0.2) is 41.7 Å². The fourth-order valence-corrected chi connectivity index (χ4v) is 2.76. The average Bonchev–Trinajstić information content (AvgIpc) is 2.95. The Hall–Kier alpha value is -2.36. The number of hydrogen-bond donors (Lipinski definition) is 2. The summed E-state index contributed by atoms with van der Waals surface area (Å²) in [6.45, 7) is 2.50. The molecule has 23 heavy (non-hydrogen) atoms. The van der Waals surface area contributed by atoms with Gasteiger partial charge in [0.25, 0.3) is 0 Å². The predicted octanol–water partition coefficient (Wildman–Crippen LogP) is 3.05. The van der Waals surface area contributed by atoms with Gasteiger partial charge in [-0.2, -0.15) is 0 Å². The van der Waals surface area contributed by atoms with Crippen molar-refractivity contribution in [3.8, 4) is 22.3 Å². The second kappa shape index (κ2) is 7.77. The highest BCUT2D eigenvalue weighted by atomic mass is 32.1. The minimum Gasteiger partial charge on any atom is -0.465 e. The predicted molar refractivity (Wildman–Crippen MR) is 92.6 cm³/mol. The molecule has 0 saturated heterocycles. The molecule has 120 valence electrons. The summed E-state index contributed by atoms with van der Waals surface area (Å²) in [6, 6.07) is 7.54. The number of thiazole rings is 1. The molecule has 1 amide bonds. The van der Waals surface area contributed by atoms with Gasteiger partial charge in [-0.3, -0.25) is 4.90 Å². The molecule has 0 aliphatic heterocycles. The molecule has 1 aromatic heterocycles. The lowest BCUT2D eigenvalue weighted by atomic mass is 10.0. The normalized spacial score (nSPS) is 11.7. The summed E-state index contributed by atoms with van der Waals surface area (Å²) in [5.74, 6) is 6.20. The van der Waals surface area contributed by atoms with Crippen LogP contribution in [-0.2, 0) is 0 Å². The van der Waals surface area contributed by atoms with E-state index in [9.17, 15) is 4.79 Å². The monoisotopic (exact) mass is 329 g/mol. The molecule has 0 fully saturated rings. The molecular weight excluding hydrogens is 310 g/mol. The number of benzene rings is 1. The first kappa shape index (κ1) is 17.0. The number of hydrogen-bond acceptors (Lipinski definition) is 4. The van der Waals surface area contributed by atoms with E-state index in [1.165, 1.54) is 0 Å². The van der Waals surface area contributed by atoms with E-state index in [0.717, 1.165) is 21.7 Å². The van der Waals surface area contributed by atoms with Crippen molar-refractivity contribution in [2.45, 2.75) is 13.0 Å². The van der Waals surface area contributed by atoms with Gasteiger partial charge in [0.1, 0.15) is 5.69 Å². The molecule has 0 aliphatic rings. The lowest BCUT2D eigenvalue weighted by molar-refractivity contribution is 0.191. The third-order valence-electron chi connectivity index (χ3n) is 3.18. The average molecular weight is 329 g/mol. The molecule has 0 bridgehead atoms. The zero-order chi connectivity index (χ0) is 16.8. The highest BCUT2D eigenvalue weighted by molar-refractivity contribution is 7.13. The summed E-state index contributed by atoms with van der Waals surface area (Å²) >= 11 is 1.55. The zero-order valence-corrected chi connectivity index (χ0v) is 14.1. The molecule has 1 atom stereocenters. The Balaban J connectivity index is 2.18. The van der Waals surface area contributed by atoms with Crippen LogP contribution in [0.5, 0.6) is 0 Å². The Labute approximate surface area is 140 Å². The van der Waals surface area contributed by atoms with Crippen LogP contribution in [0.1, 0.15) is 24.2 Å². The van der Waals surface area contributed by atoms with E-state index in [4.69, 9.17) is 5.11 Å². The highest BCUT2D eigenvalue weighted by Crippen LogP contribution is 2.28. The molecule has 0 radical (unpaired) electrons. The number of nitrogens with zero attached hydrogens (tertiary/aromatic N) is 2. The van der Waals surface area contributed by atoms with Crippen LogP contribution in [0.3, 0.4) is 0 Å². The maximum absolute atomic E-state index is 10.7. The standard InChI is InChI=1S/C17H19N3O2S/c1-12(19-17(21)22)13-6-8-14(9-7-13)16-15(18-11-23-16)5-4-10-20(2)3/h6-9,11-12,19H,10H2,1-3H3,(H,21,22)/t12-/m0/s1. The molecule has 1 aromatic carbocycles. The van der Waals surface area contributed by atoms with E-state index >= 15 is 0 Å². The van der Waals surface area contributed by atoms with E-state index in [1.807, 2.05) is 50.2 Å². The number of carbonyl (C=O) groups is 1. The molecule has 0 saturated carbocycles. The summed E-state index contributed by atoms with van der Waals surface area (Å²) in [6.07, 6.45) is -1.03. The maximum atomic E-state index is 10.7. The van der Waals surface area contributed by atoms with E-state index < -0.39 is 6.09 Å².